The lowest BCUT2D eigenvalue weighted by Crippen LogP contribution is -2.08. The first-order chi connectivity index (χ1) is 8.04. The Morgan fingerprint density at radius 1 is 1.41 bits per heavy atom. The molecule has 0 aliphatic rings. The van der Waals surface area contributed by atoms with Crippen molar-refractivity contribution in [1.82, 2.24) is 9.97 Å². The number of aryl methyl sites for hydroxylation is 1. The van der Waals surface area contributed by atoms with E-state index < -0.39 is 0 Å². The van der Waals surface area contributed by atoms with E-state index in [0.29, 0.717) is 16.5 Å². The van der Waals surface area contributed by atoms with Crippen LogP contribution in [0.1, 0.15) is 5.69 Å². The minimum absolute atomic E-state index is 0.159. The second-order valence-corrected chi connectivity index (χ2v) is 5.42. The van der Waals surface area contributed by atoms with Crippen LogP contribution in [0.15, 0.2) is 43.6 Å². The third-order valence-corrected chi connectivity index (χ3v) is 3.48. The second kappa shape index (κ2) is 4.93. The van der Waals surface area contributed by atoms with E-state index >= 15 is 0 Å². The highest BCUT2D eigenvalue weighted by molar-refractivity contribution is 9.10. The molecule has 2 rings (SSSR count). The van der Waals surface area contributed by atoms with E-state index in [-0.39, 0.29) is 5.56 Å². The molecule has 0 amide bonds. The number of nitrogen functional groups attached to an aromatic ring is 1. The van der Waals surface area contributed by atoms with E-state index in [1.165, 1.54) is 17.8 Å². The van der Waals surface area contributed by atoms with Crippen molar-refractivity contribution in [3.05, 3.63) is 44.8 Å². The summed E-state index contributed by atoms with van der Waals surface area (Å²) in [6.45, 7) is 1.78. The van der Waals surface area contributed by atoms with E-state index in [4.69, 9.17) is 5.73 Å². The van der Waals surface area contributed by atoms with Crippen LogP contribution >= 0.6 is 27.7 Å². The van der Waals surface area contributed by atoms with Gasteiger partial charge in [-0.15, -0.1) is 0 Å². The highest BCUT2D eigenvalue weighted by Gasteiger charge is 2.05. The third kappa shape index (κ3) is 3.10. The summed E-state index contributed by atoms with van der Waals surface area (Å²) in [4.78, 5) is 19.1. The number of aromatic amines is 1. The van der Waals surface area contributed by atoms with Crippen LogP contribution in [0.25, 0.3) is 0 Å². The van der Waals surface area contributed by atoms with Gasteiger partial charge in [-0.1, -0.05) is 15.9 Å². The van der Waals surface area contributed by atoms with Gasteiger partial charge in [0.25, 0.3) is 5.56 Å². The zero-order valence-corrected chi connectivity index (χ0v) is 11.4. The average Bonchev–Trinajstić information content (AvgIpc) is 2.22. The van der Waals surface area contributed by atoms with E-state index in [1.54, 1.807) is 13.0 Å². The Morgan fingerprint density at radius 3 is 2.88 bits per heavy atom. The van der Waals surface area contributed by atoms with Crippen LogP contribution in [0.5, 0.6) is 0 Å². The predicted octanol–water partition coefficient (Wildman–Crippen LogP) is 2.57. The molecule has 4 nitrogen and oxygen atoms in total. The molecular formula is C11H10BrN3OS. The molecule has 0 atom stereocenters. The van der Waals surface area contributed by atoms with Crippen LogP contribution in [-0.4, -0.2) is 9.97 Å². The van der Waals surface area contributed by atoms with Crippen molar-refractivity contribution in [3.63, 3.8) is 0 Å². The summed E-state index contributed by atoms with van der Waals surface area (Å²) < 4.78 is 0.934. The number of hydrogen-bond acceptors (Lipinski definition) is 4. The standard InChI is InChI=1S/C11H10BrN3OS/c1-6-4-10(16)15-11(14-6)17-9-5-7(12)2-3-8(9)13/h2-5H,13H2,1H3,(H,14,15,16). The molecule has 0 unspecified atom stereocenters. The highest BCUT2D eigenvalue weighted by Crippen LogP contribution is 2.31. The fourth-order valence-electron chi connectivity index (χ4n) is 1.30. The first-order valence-corrected chi connectivity index (χ1v) is 6.46. The van der Waals surface area contributed by atoms with Crippen molar-refractivity contribution in [2.45, 2.75) is 17.0 Å². The number of rotatable bonds is 2. The summed E-state index contributed by atoms with van der Waals surface area (Å²) >= 11 is 4.71. The number of aromatic nitrogens is 2. The fourth-order valence-corrected chi connectivity index (χ4v) is 2.73. The molecule has 17 heavy (non-hydrogen) atoms. The van der Waals surface area contributed by atoms with E-state index in [0.717, 1.165) is 9.37 Å². The number of anilines is 1. The van der Waals surface area contributed by atoms with Gasteiger partial charge in [0, 0.05) is 26.8 Å². The monoisotopic (exact) mass is 311 g/mol. The number of nitrogens with one attached hydrogen (secondary N) is 1. The van der Waals surface area contributed by atoms with Gasteiger partial charge in [-0.25, -0.2) is 4.98 Å². The first kappa shape index (κ1) is 12.2. The molecule has 6 heteroatoms. The molecular weight excluding hydrogens is 302 g/mol. The number of halogens is 1. The molecule has 0 saturated heterocycles. The summed E-state index contributed by atoms with van der Waals surface area (Å²) in [6.07, 6.45) is 0. The van der Waals surface area contributed by atoms with Gasteiger partial charge in [0.1, 0.15) is 0 Å². The summed E-state index contributed by atoms with van der Waals surface area (Å²) in [7, 11) is 0. The maximum Gasteiger partial charge on any atom is 0.251 e. The zero-order valence-electron chi connectivity index (χ0n) is 9.03. The molecule has 2 aromatic rings. The molecule has 0 spiro atoms. The van der Waals surface area contributed by atoms with E-state index in [9.17, 15) is 4.79 Å². The first-order valence-electron chi connectivity index (χ1n) is 4.85. The fraction of sp³-hybridized carbons (Fsp3) is 0.0909. The molecule has 0 bridgehead atoms. The Bertz CT molecular complexity index is 612. The number of nitrogens with two attached hydrogens (primary N) is 1. The zero-order chi connectivity index (χ0) is 12.4. The number of benzene rings is 1. The van der Waals surface area contributed by atoms with Crippen molar-refractivity contribution in [2.24, 2.45) is 0 Å². The predicted molar refractivity (Wildman–Crippen MR) is 72.3 cm³/mol. The van der Waals surface area contributed by atoms with Gasteiger partial charge in [0.2, 0.25) is 0 Å². The van der Waals surface area contributed by atoms with Gasteiger partial charge in [0.05, 0.1) is 0 Å². The minimum atomic E-state index is -0.159. The van der Waals surface area contributed by atoms with Gasteiger partial charge < -0.3 is 10.7 Å². The highest BCUT2D eigenvalue weighted by atomic mass is 79.9. The third-order valence-electron chi connectivity index (χ3n) is 2.03. The molecule has 0 fully saturated rings. The molecule has 0 aliphatic heterocycles. The normalized spacial score (nSPS) is 10.5. The Hall–Kier alpha value is -1.27. The summed E-state index contributed by atoms with van der Waals surface area (Å²) in [5, 5.41) is 0.541. The molecule has 0 radical (unpaired) electrons. The summed E-state index contributed by atoms with van der Waals surface area (Å²) in [5.74, 6) is 0. The second-order valence-electron chi connectivity index (χ2n) is 3.48. The van der Waals surface area contributed by atoms with E-state index in [1.807, 2.05) is 12.1 Å². The van der Waals surface area contributed by atoms with E-state index in [2.05, 4.69) is 25.9 Å². The van der Waals surface area contributed by atoms with Gasteiger partial charge >= 0.3 is 0 Å². The molecule has 1 heterocycles. The van der Waals surface area contributed by atoms with Crippen LogP contribution < -0.4 is 11.3 Å². The van der Waals surface area contributed by atoms with Gasteiger partial charge in [-0.3, -0.25) is 4.79 Å². The topological polar surface area (TPSA) is 71.8 Å². The van der Waals surface area contributed by atoms with Crippen LogP contribution in [0, 0.1) is 6.92 Å². The molecule has 1 aromatic carbocycles. The van der Waals surface area contributed by atoms with Crippen molar-refractivity contribution in [2.75, 3.05) is 5.73 Å². The lowest BCUT2D eigenvalue weighted by Gasteiger charge is -2.05. The van der Waals surface area contributed by atoms with Crippen LogP contribution in [0.2, 0.25) is 0 Å². The Morgan fingerprint density at radius 2 is 2.18 bits per heavy atom. The lowest BCUT2D eigenvalue weighted by molar-refractivity contribution is 0.905. The number of hydrogen-bond donors (Lipinski definition) is 2. The maximum atomic E-state index is 11.3. The van der Waals surface area contributed by atoms with Crippen LogP contribution in [-0.2, 0) is 0 Å². The maximum absolute atomic E-state index is 11.3. The minimum Gasteiger partial charge on any atom is -0.398 e. The largest absolute Gasteiger partial charge is 0.398 e. The molecule has 3 N–H and O–H groups in total. The molecule has 0 aliphatic carbocycles. The lowest BCUT2D eigenvalue weighted by atomic mass is 10.3. The SMILES string of the molecule is Cc1cc(=O)[nH]c(Sc2cc(Br)ccc2N)n1. The smallest absolute Gasteiger partial charge is 0.251 e. The molecule has 88 valence electrons. The number of H-pyrrole nitrogens is 1. The summed E-state index contributed by atoms with van der Waals surface area (Å²) in [6, 6.07) is 7.02. The van der Waals surface area contributed by atoms with Gasteiger partial charge in [0.15, 0.2) is 5.16 Å². The molecule has 0 saturated carbocycles. The van der Waals surface area contributed by atoms with Crippen molar-refractivity contribution < 1.29 is 0 Å². The van der Waals surface area contributed by atoms with Crippen molar-refractivity contribution in [1.29, 1.82) is 0 Å². The van der Waals surface area contributed by atoms with Crippen LogP contribution in [0.4, 0.5) is 5.69 Å². The van der Waals surface area contributed by atoms with Gasteiger partial charge in [-0.2, -0.15) is 0 Å². The Balaban J connectivity index is 2.37. The average molecular weight is 312 g/mol. The quantitative estimate of drug-likeness (QED) is 0.660. The Kier molecular flexibility index (Phi) is 3.54. The number of nitrogens with zero attached hydrogens (tertiary/aromatic N) is 1. The van der Waals surface area contributed by atoms with Gasteiger partial charge in [-0.05, 0) is 36.9 Å². The molecule has 1 aromatic heterocycles. The Labute approximate surface area is 111 Å². The van der Waals surface area contributed by atoms with Crippen LogP contribution in [0.3, 0.4) is 0 Å². The summed E-state index contributed by atoms with van der Waals surface area (Å²) in [5.41, 5.74) is 7.03. The van der Waals surface area contributed by atoms with Crippen molar-refractivity contribution >= 4 is 33.4 Å². The van der Waals surface area contributed by atoms with Crippen molar-refractivity contribution in [3.8, 4) is 0 Å².